The molecule has 0 radical (unpaired) electrons. The molecule has 1 heterocycles. The van der Waals surface area contributed by atoms with Gasteiger partial charge < -0.3 is 24.5 Å². The number of methoxy groups -OCH3 is 2. The van der Waals surface area contributed by atoms with Gasteiger partial charge in [0.05, 0.1) is 37.5 Å². The molecule has 1 aliphatic rings. The van der Waals surface area contributed by atoms with Gasteiger partial charge in [0.15, 0.2) is 11.5 Å². The molecule has 1 atom stereocenters. The van der Waals surface area contributed by atoms with Crippen molar-refractivity contribution < 1.29 is 23.6 Å². The molecule has 0 bridgehead atoms. The van der Waals surface area contributed by atoms with Gasteiger partial charge in [0.1, 0.15) is 5.76 Å². The first-order valence-corrected chi connectivity index (χ1v) is 9.03. The molecule has 0 fully saturated rings. The van der Waals surface area contributed by atoms with E-state index in [2.05, 4.69) is 10.6 Å². The first kappa shape index (κ1) is 19.5. The molecule has 1 aromatic heterocycles. The zero-order chi connectivity index (χ0) is 20.1. The van der Waals surface area contributed by atoms with Crippen LogP contribution in [0.1, 0.15) is 35.8 Å². The molecule has 1 aromatic carbocycles. The summed E-state index contributed by atoms with van der Waals surface area (Å²) in [6, 6.07) is 4.37. The third-order valence-electron chi connectivity index (χ3n) is 4.82. The third kappa shape index (κ3) is 4.19. The lowest BCUT2D eigenvalue weighted by Crippen LogP contribution is -2.39. The average Bonchev–Trinajstić information content (AvgIpc) is 3.17. The number of furan rings is 1. The highest BCUT2D eigenvalue weighted by molar-refractivity contribution is 5.74. The Hall–Kier alpha value is -3.23. The largest absolute Gasteiger partial charge is 0.493 e. The molecular weight excluding hydrogens is 366 g/mol. The van der Waals surface area contributed by atoms with Crippen molar-refractivity contribution in [3.63, 3.8) is 0 Å². The van der Waals surface area contributed by atoms with Crippen LogP contribution >= 0.6 is 0 Å². The number of aryl methyl sites for hydroxylation is 1. The number of carbonyl (C=O) groups excluding carboxylic acids is 1. The zero-order valence-electron chi connectivity index (χ0n) is 15.8. The van der Waals surface area contributed by atoms with E-state index in [1.807, 2.05) is 6.07 Å². The number of fused-ring (bicyclic) bond motifs is 1. The van der Waals surface area contributed by atoms with E-state index in [-0.39, 0.29) is 36.5 Å². The first-order chi connectivity index (χ1) is 13.5. The fraction of sp³-hybridized carbons (Fsp3) is 0.421. The van der Waals surface area contributed by atoms with Crippen LogP contribution in [0.2, 0.25) is 0 Å². The maximum atomic E-state index is 12.2. The third-order valence-corrected chi connectivity index (χ3v) is 4.82. The van der Waals surface area contributed by atoms with E-state index in [0.29, 0.717) is 11.3 Å². The van der Waals surface area contributed by atoms with Gasteiger partial charge in [-0.2, -0.15) is 0 Å². The summed E-state index contributed by atoms with van der Waals surface area (Å²) in [4.78, 5) is 23.1. The number of benzene rings is 1. The highest BCUT2D eigenvalue weighted by Gasteiger charge is 2.24. The molecule has 2 amide bonds. The molecule has 9 heteroatoms. The minimum Gasteiger partial charge on any atom is -0.493 e. The molecule has 0 saturated carbocycles. The zero-order valence-corrected chi connectivity index (χ0v) is 15.8. The van der Waals surface area contributed by atoms with Crippen LogP contribution < -0.4 is 20.1 Å². The number of nitro groups is 1. The number of nitrogens with one attached hydrogen (secondary N) is 2. The standard InChI is InChI=1S/C19H23N3O6/c1-26-17-10-12(15(22(24)25)11-18(17)27-2)6-8-20-19(23)21-14-4-3-5-16-13(14)7-9-28-16/h7,9-11,14H,3-6,8H2,1-2H3,(H2,20,21,23). The van der Waals surface area contributed by atoms with E-state index in [0.717, 1.165) is 30.6 Å². The van der Waals surface area contributed by atoms with E-state index in [1.165, 1.54) is 20.3 Å². The van der Waals surface area contributed by atoms with Gasteiger partial charge >= 0.3 is 6.03 Å². The number of amides is 2. The van der Waals surface area contributed by atoms with Crippen molar-refractivity contribution in [3.8, 4) is 11.5 Å². The van der Waals surface area contributed by atoms with Crippen molar-refractivity contribution in [2.24, 2.45) is 0 Å². The Morgan fingerprint density at radius 3 is 2.79 bits per heavy atom. The molecule has 9 nitrogen and oxygen atoms in total. The molecule has 1 aliphatic carbocycles. The van der Waals surface area contributed by atoms with Gasteiger partial charge in [0.2, 0.25) is 0 Å². The predicted molar refractivity (Wildman–Crippen MR) is 101 cm³/mol. The lowest BCUT2D eigenvalue weighted by molar-refractivity contribution is -0.385. The lowest BCUT2D eigenvalue weighted by Gasteiger charge is -2.22. The fourth-order valence-electron chi connectivity index (χ4n) is 3.44. The van der Waals surface area contributed by atoms with Gasteiger partial charge in [-0.15, -0.1) is 0 Å². The lowest BCUT2D eigenvalue weighted by atomic mass is 9.93. The van der Waals surface area contributed by atoms with Crippen molar-refractivity contribution in [3.05, 3.63) is 51.5 Å². The summed E-state index contributed by atoms with van der Waals surface area (Å²) in [6.45, 7) is 0.243. The van der Waals surface area contributed by atoms with Gasteiger partial charge in [-0.1, -0.05) is 0 Å². The Morgan fingerprint density at radius 2 is 2.07 bits per heavy atom. The monoisotopic (exact) mass is 389 g/mol. The Morgan fingerprint density at radius 1 is 1.32 bits per heavy atom. The van der Waals surface area contributed by atoms with E-state index in [9.17, 15) is 14.9 Å². The van der Waals surface area contributed by atoms with Crippen molar-refractivity contribution in [1.82, 2.24) is 10.6 Å². The quantitative estimate of drug-likeness (QED) is 0.555. The number of nitrogens with zero attached hydrogens (tertiary/aromatic N) is 1. The van der Waals surface area contributed by atoms with Gasteiger partial charge in [0, 0.05) is 24.1 Å². The molecule has 0 aliphatic heterocycles. The maximum absolute atomic E-state index is 12.2. The van der Waals surface area contributed by atoms with Crippen LogP contribution in [-0.4, -0.2) is 31.7 Å². The summed E-state index contributed by atoms with van der Waals surface area (Å²) >= 11 is 0. The van der Waals surface area contributed by atoms with E-state index in [4.69, 9.17) is 13.9 Å². The van der Waals surface area contributed by atoms with Crippen LogP contribution in [0.25, 0.3) is 0 Å². The smallest absolute Gasteiger partial charge is 0.315 e. The summed E-state index contributed by atoms with van der Waals surface area (Å²) in [5, 5.41) is 17.0. The summed E-state index contributed by atoms with van der Waals surface area (Å²) in [5.41, 5.74) is 1.39. The van der Waals surface area contributed by atoms with Gasteiger partial charge in [-0.3, -0.25) is 10.1 Å². The van der Waals surface area contributed by atoms with Gasteiger partial charge in [0.25, 0.3) is 5.69 Å². The maximum Gasteiger partial charge on any atom is 0.315 e. The Bertz CT molecular complexity index is 863. The fourth-order valence-corrected chi connectivity index (χ4v) is 3.44. The van der Waals surface area contributed by atoms with E-state index in [1.54, 1.807) is 12.3 Å². The van der Waals surface area contributed by atoms with Crippen LogP contribution in [0.4, 0.5) is 10.5 Å². The highest BCUT2D eigenvalue weighted by Crippen LogP contribution is 2.34. The van der Waals surface area contributed by atoms with Gasteiger partial charge in [-0.25, -0.2) is 4.79 Å². The van der Waals surface area contributed by atoms with Crippen LogP contribution in [0.3, 0.4) is 0 Å². The number of carbonyl (C=O) groups is 1. The van der Waals surface area contributed by atoms with Crippen LogP contribution in [0.5, 0.6) is 11.5 Å². The van der Waals surface area contributed by atoms with Crippen molar-refractivity contribution >= 4 is 11.7 Å². The Balaban J connectivity index is 1.60. The molecule has 28 heavy (non-hydrogen) atoms. The number of hydrogen-bond acceptors (Lipinski definition) is 6. The van der Waals surface area contributed by atoms with Crippen molar-refractivity contribution in [1.29, 1.82) is 0 Å². The Labute approximate surface area is 162 Å². The summed E-state index contributed by atoms with van der Waals surface area (Å²) in [5.74, 6) is 1.61. The van der Waals surface area contributed by atoms with E-state index < -0.39 is 4.92 Å². The molecule has 150 valence electrons. The number of rotatable bonds is 7. The molecule has 2 aromatic rings. The van der Waals surface area contributed by atoms with Crippen molar-refractivity contribution in [2.45, 2.75) is 31.7 Å². The number of urea groups is 1. The van der Waals surface area contributed by atoms with Crippen molar-refractivity contribution in [2.75, 3.05) is 20.8 Å². The normalized spacial score (nSPS) is 15.4. The average molecular weight is 389 g/mol. The second-order valence-corrected chi connectivity index (χ2v) is 6.49. The van der Waals surface area contributed by atoms with Crippen LogP contribution in [0.15, 0.2) is 28.9 Å². The summed E-state index contributed by atoms with van der Waals surface area (Å²) in [7, 11) is 2.89. The number of hydrogen-bond donors (Lipinski definition) is 2. The molecular formula is C19H23N3O6. The van der Waals surface area contributed by atoms with E-state index >= 15 is 0 Å². The molecule has 0 spiro atoms. The number of ether oxygens (including phenoxy) is 2. The summed E-state index contributed by atoms with van der Waals surface area (Å²) in [6.07, 6.45) is 4.60. The summed E-state index contributed by atoms with van der Waals surface area (Å²) < 4.78 is 15.7. The van der Waals surface area contributed by atoms with Crippen LogP contribution in [-0.2, 0) is 12.8 Å². The minimum atomic E-state index is -0.472. The topological polar surface area (TPSA) is 116 Å². The molecule has 0 saturated heterocycles. The van der Waals surface area contributed by atoms with Crippen LogP contribution in [0, 0.1) is 10.1 Å². The van der Waals surface area contributed by atoms with Gasteiger partial charge in [-0.05, 0) is 31.4 Å². The number of nitro benzene ring substituents is 1. The second-order valence-electron chi connectivity index (χ2n) is 6.49. The predicted octanol–water partition coefficient (Wildman–Crippen LogP) is 3.12. The Kier molecular flexibility index (Phi) is 6.03. The molecule has 1 unspecified atom stereocenters. The minimum absolute atomic E-state index is 0.0739. The molecule has 3 rings (SSSR count). The highest BCUT2D eigenvalue weighted by atomic mass is 16.6. The SMILES string of the molecule is COc1cc(CCNC(=O)NC2CCCc3occc32)c([N+](=O)[O-])cc1OC. The molecule has 2 N–H and O–H groups in total. The second kappa shape index (κ2) is 8.64. The first-order valence-electron chi connectivity index (χ1n) is 9.03.